The first-order valence-electron chi connectivity index (χ1n) is 7.93. The van der Waals surface area contributed by atoms with E-state index in [1.54, 1.807) is 20.2 Å². The van der Waals surface area contributed by atoms with Crippen LogP contribution in [-0.2, 0) is 11.0 Å². The van der Waals surface area contributed by atoms with Crippen LogP contribution in [0.15, 0.2) is 29.3 Å². The number of aliphatic imine (C=N–C) groups is 1. The fourth-order valence-corrected chi connectivity index (χ4v) is 2.64. The summed E-state index contributed by atoms with van der Waals surface area (Å²) in [5, 5.41) is 5.49. The molecule has 0 saturated carbocycles. The SMILES string of the molecule is CN=C(NCC(=O)NC)N1CCN(c2cccc(C(F)(F)F)c2)CC1. The molecule has 1 aliphatic heterocycles. The van der Waals surface area contributed by atoms with E-state index >= 15 is 0 Å². The molecule has 1 aromatic rings. The Kier molecular flexibility index (Phi) is 6.11. The molecule has 0 atom stereocenters. The smallest absolute Gasteiger partial charge is 0.368 e. The first-order valence-corrected chi connectivity index (χ1v) is 7.93. The van der Waals surface area contributed by atoms with E-state index in [0.29, 0.717) is 37.8 Å². The summed E-state index contributed by atoms with van der Waals surface area (Å²) in [6, 6.07) is 5.36. The van der Waals surface area contributed by atoms with E-state index in [2.05, 4.69) is 15.6 Å². The number of carbonyl (C=O) groups excluding carboxylic acids is 1. The minimum absolute atomic E-state index is 0.122. The summed E-state index contributed by atoms with van der Waals surface area (Å²) in [5.74, 6) is 0.455. The fraction of sp³-hybridized carbons (Fsp3) is 0.500. The molecule has 138 valence electrons. The number of nitrogens with one attached hydrogen (secondary N) is 2. The van der Waals surface area contributed by atoms with Crippen LogP contribution in [0.5, 0.6) is 0 Å². The molecule has 2 N–H and O–H groups in total. The third kappa shape index (κ3) is 5.01. The van der Waals surface area contributed by atoms with Crippen LogP contribution in [-0.4, -0.2) is 63.6 Å². The average molecular weight is 357 g/mol. The van der Waals surface area contributed by atoms with E-state index in [-0.39, 0.29) is 12.5 Å². The van der Waals surface area contributed by atoms with Crippen LogP contribution in [0, 0.1) is 0 Å². The second-order valence-electron chi connectivity index (χ2n) is 5.60. The maximum Gasteiger partial charge on any atom is 0.416 e. The number of carbonyl (C=O) groups is 1. The Morgan fingerprint density at radius 2 is 1.92 bits per heavy atom. The van der Waals surface area contributed by atoms with Crippen molar-refractivity contribution in [3.05, 3.63) is 29.8 Å². The minimum atomic E-state index is -4.34. The molecule has 25 heavy (non-hydrogen) atoms. The van der Waals surface area contributed by atoms with Crippen molar-refractivity contribution in [2.45, 2.75) is 6.18 Å². The molecule has 1 saturated heterocycles. The van der Waals surface area contributed by atoms with Gasteiger partial charge in [0, 0.05) is 46.0 Å². The Hall–Kier alpha value is -2.45. The molecule has 0 spiro atoms. The van der Waals surface area contributed by atoms with Gasteiger partial charge in [0.2, 0.25) is 5.91 Å². The Bertz CT molecular complexity index is 624. The highest BCUT2D eigenvalue weighted by atomic mass is 19.4. The molecular weight excluding hydrogens is 335 g/mol. The highest BCUT2D eigenvalue weighted by Crippen LogP contribution is 2.31. The molecule has 0 bridgehead atoms. The zero-order valence-corrected chi connectivity index (χ0v) is 14.2. The highest BCUT2D eigenvalue weighted by Gasteiger charge is 2.31. The molecule has 0 aliphatic carbocycles. The molecule has 1 aromatic carbocycles. The van der Waals surface area contributed by atoms with Gasteiger partial charge < -0.3 is 20.4 Å². The van der Waals surface area contributed by atoms with Gasteiger partial charge in [0.05, 0.1) is 12.1 Å². The molecule has 0 unspecified atom stereocenters. The van der Waals surface area contributed by atoms with E-state index in [1.807, 2.05) is 9.80 Å². The van der Waals surface area contributed by atoms with Crippen molar-refractivity contribution in [1.29, 1.82) is 0 Å². The lowest BCUT2D eigenvalue weighted by atomic mass is 10.1. The molecule has 1 fully saturated rings. The van der Waals surface area contributed by atoms with Crippen molar-refractivity contribution in [2.24, 2.45) is 4.99 Å². The number of nitrogens with zero attached hydrogens (tertiary/aromatic N) is 3. The van der Waals surface area contributed by atoms with Crippen LogP contribution in [0.1, 0.15) is 5.56 Å². The summed E-state index contributed by atoms with van der Waals surface area (Å²) < 4.78 is 38.5. The highest BCUT2D eigenvalue weighted by molar-refractivity contribution is 5.86. The zero-order chi connectivity index (χ0) is 18.4. The monoisotopic (exact) mass is 357 g/mol. The van der Waals surface area contributed by atoms with Gasteiger partial charge in [-0.05, 0) is 18.2 Å². The van der Waals surface area contributed by atoms with Crippen molar-refractivity contribution in [1.82, 2.24) is 15.5 Å². The van der Waals surface area contributed by atoms with Crippen LogP contribution >= 0.6 is 0 Å². The Morgan fingerprint density at radius 3 is 2.48 bits per heavy atom. The van der Waals surface area contributed by atoms with Crippen molar-refractivity contribution in [3.63, 3.8) is 0 Å². The summed E-state index contributed by atoms with van der Waals surface area (Å²) >= 11 is 0. The van der Waals surface area contributed by atoms with Crippen LogP contribution in [0.25, 0.3) is 0 Å². The van der Waals surface area contributed by atoms with Crippen molar-refractivity contribution < 1.29 is 18.0 Å². The van der Waals surface area contributed by atoms with Gasteiger partial charge in [0.1, 0.15) is 0 Å². The number of benzene rings is 1. The largest absolute Gasteiger partial charge is 0.416 e. The van der Waals surface area contributed by atoms with Crippen molar-refractivity contribution >= 4 is 17.6 Å². The maximum atomic E-state index is 12.8. The van der Waals surface area contributed by atoms with Crippen molar-refractivity contribution in [3.8, 4) is 0 Å². The van der Waals surface area contributed by atoms with E-state index in [9.17, 15) is 18.0 Å². The molecular formula is C16H22F3N5O. The molecule has 1 heterocycles. The van der Waals surface area contributed by atoms with E-state index < -0.39 is 11.7 Å². The number of alkyl halides is 3. The molecule has 2 rings (SSSR count). The predicted molar refractivity (Wildman–Crippen MR) is 90.7 cm³/mol. The van der Waals surface area contributed by atoms with Gasteiger partial charge in [0.25, 0.3) is 0 Å². The molecule has 0 radical (unpaired) electrons. The molecule has 1 aliphatic rings. The van der Waals surface area contributed by atoms with Gasteiger partial charge in [-0.25, -0.2) is 0 Å². The van der Waals surface area contributed by atoms with Gasteiger partial charge >= 0.3 is 6.18 Å². The van der Waals surface area contributed by atoms with E-state index in [0.717, 1.165) is 6.07 Å². The normalized spacial score (nSPS) is 16.0. The first-order chi connectivity index (χ1) is 11.8. The molecule has 9 heteroatoms. The number of hydrogen-bond donors (Lipinski definition) is 2. The lowest BCUT2D eigenvalue weighted by molar-refractivity contribution is -0.137. The standard InChI is InChI=1S/C16H22F3N5O/c1-20-14(25)11-22-15(21-2)24-8-6-23(7-9-24)13-5-3-4-12(10-13)16(17,18)19/h3-5,10H,6-9,11H2,1-2H3,(H,20,25)(H,21,22). The quantitative estimate of drug-likeness (QED) is 0.629. The Labute approximate surface area is 144 Å². The van der Waals surface area contributed by atoms with E-state index in [4.69, 9.17) is 0 Å². The fourth-order valence-electron chi connectivity index (χ4n) is 2.64. The second kappa shape index (κ2) is 8.09. The average Bonchev–Trinajstić information content (AvgIpc) is 2.62. The predicted octanol–water partition coefficient (Wildman–Crippen LogP) is 1.15. The number of anilines is 1. The zero-order valence-electron chi connectivity index (χ0n) is 14.2. The summed E-state index contributed by atoms with van der Waals surface area (Å²) in [5.41, 5.74) is -0.0849. The molecule has 0 aromatic heterocycles. The van der Waals surface area contributed by atoms with Gasteiger partial charge in [-0.2, -0.15) is 13.2 Å². The maximum absolute atomic E-state index is 12.8. The number of guanidine groups is 1. The van der Waals surface area contributed by atoms with Crippen LogP contribution in [0.2, 0.25) is 0 Å². The lowest BCUT2D eigenvalue weighted by Crippen LogP contribution is -2.53. The minimum Gasteiger partial charge on any atom is -0.368 e. The first kappa shape index (κ1) is 18.9. The summed E-state index contributed by atoms with van der Waals surface area (Å²) in [4.78, 5) is 19.4. The molecule has 6 nitrogen and oxygen atoms in total. The van der Waals surface area contributed by atoms with Crippen LogP contribution in [0.4, 0.5) is 18.9 Å². The van der Waals surface area contributed by atoms with Gasteiger partial charge in [-0.15, -0.1) is 0 Å². The number of piperazine rings is 1. The number of likely N-dealkylation sites (N-methyl/N-ethyl adjacent to an activating group) is 1. The number of rotatable bonds is 3. The summed E-state index contributed by atoms with van der Waals surface area (Å²) in [6.45, 7) is 2.47. The number of amides is 1. The topological polar surface area (TPSA) is 60.0 Å². The van der Waals surface area contributed by atoms with Crippen LogP contribution in [0.3, 0.4) is 0 Å². The van der Waals surface area contributed by atoms with Crippen molar-refractivity contribution in [2.75, 3.05) is 51.7 Å². The Morgan fingerprint density at radius 1 is 1.24 bits per heavy atom. The van der Waals surface area contributed by atoms with E-state index in [1.165, 1.54) is 12.1 Å². The summed E-state index contributed by atoms with van der Waals surface area (Å²) in [7, 11) is 3.19. The Balaban J connectivity index is 1.96. The third-order valence-electron chi connectivity index (χ3n) is 4.02. The third-order valence-corrected chi connectivity index (χ3v) is 4.02. The van der Waals surface area contributed by atoms with Gasteiger partial charge in [-0.1, -0.05) is 6.07 Å². The summed E-state index contributed by atoms with van der Waals surface area (Å²) in [6.07, 6.45) is -4.34. The lowest BCUT2D eigenvalue weighted by Gasteiger charge is -2.37. The van der Waals surface area contributed by atoms with Gasteiger partial charge in [0.15, 0.2) is 5.96 Å². The number of halogens is 3. The molecule has 1 amide bonds. The number of hydrogen-bond acceptors (Lipinski definition) is 3. The second-order valence-corrected chi connectivity index (χ2v) is 5.60. The van der Waals surface area contributed by atoms with Gasteiger partial charge in [-0.3, -0.25) is 9.79 Å². The van der Waals surface area contributed by atoms with Crippen LogP contribution < -0.4 is 15.5 Å².